The molecule has 2 aromatic rings. The Morgan fingerprint density at radius 1 is 1.11 bits per heavy atom. The molecule has 0 aromatic heterocycles. The molecule has 1 unspecified atom stereocenters. The minimum absolute atomic E-state index is 0.0624. The highest BCUT2D eigenvalue weighted by molar-refractivity contribution is 5.95. The van der Waals surface area contributed by atoms with Gasteiger partial charge in [-0.25, -0.2) is 0 Å². The monoisotopic (exact) mass is 379 g/mol. The molecule has 2 aliphatic heterocycles. The van der Waals surface area contributed by atoms with Crippen LogP contribution in [0.5, 0.6) is 0 Å². The fraction of sp³-hybridized carbons (Fsp3) is 0.435. The summed E-state index contributed by atoms with van der Waals surface area (Å²) in [6.45, 7) is 7.21. The van der Waals surface area contributed by atoms with Crippen molar-refractivity contribution in [1.29, 1.82) is 0 Å². The van der Waals surface area contributed by atoms with Crippen LogP contribution in [0.4, 0.5) is 11.4 Å². The summed E-state index contributed by atoms with van der Waals surface area (Å²) < 4.78 is 5.43. The number of anilines is 2. The van der Waals surface area contributed by atoms with E-state index in [1.165, 1.54) is 11.1 Å². The number of rotatable bonds is 5. The van der Waals surface area contributed by atoms with Crippen LogP contribution in [0.1, 0.15) is 24.0 Å². The molecule has 0 saturated carbocycles. The number of nitrogens with one attached hydrogen (secondary N) is 1. The molecule has 4 rings (SSSR count). The lowest BCUT2D eigenvalue weighted by atomic mass is 10.1. The minimum atomic E-state index is -0.0624. The molecule has 1 amide bonds. The maximum atomic E-state index is 13.0. The van der Waals surface area contributed by atoms with Gasteiger partial charge in [0.2, 0.25) is 5.91 Å². The molecule has 2 fully saturated rings. The van der Waals surface area contributed by atoms with Crippen molar-refractivity contribution in [2.24, 2.45) is 0 Å². The molecular weight excluding hydrogens is 350 g/mol. The Balaban J connectivity index is 1.41. The van der Waals surface area contributed by atoms with Crippen LogP contribution >= 0.6 is 0 Å². The van der Waals surface area contributed by atoms with Gasteiger partial charge < -0.3 is 15.0 Å². The van der Waals surface area contributed by atoms with E-state index in [0.717, 1.165) is 63.6 Å². The second kappa shape index (κ2) is 8.76. The van der Waals surface area contributed by atoms with Crippen LogP contribution in [0.25, 0.3) is 0 Å². The van der Waals surface area contributed by atoms with Gasteiger partial charge in [0.15, 0.2) is 0 Å². The first kappa shape index (κ1) is 19.0. The third-order valence-corrected chi connectivity index (χ3v) is 5.62. The molecule has 28 heavy (non-hydrogen) atoms. The number of hydrogen-bond acceptors (Lipinski definition) is 4. The van der Waals surface area contributed by atoms with Crippen molar-refractivity contribution >= 4 is 17.3 Å². The van der Waals surface area contributed by atoms with Crippen molar-refractivity contribution in [2.75, 3.05) is 43.1 Å². The van der Waals surface area contributed by atoms with Gasteiger partial charge in [-0.15, -0.1) is 0 Å². The van der Waals surface area contributed by atoms with E-state index in [1.54, 1.807) is 0 Å². The van der Waals surface area contributed by atoms with Gasteiger partial charge in [0, 0.05) is 31.0 Å². The molecule has 2 heterocycles. The van der Waals surface area contributed by atoms with Gasteiger partial charge in [-0.3, -0.25) is 9.69 Å². The van der Waals surface area contributed by atoms with E-state index in [1.807, 2.05) is 12.1 Å². The lowest BCUT2D eigenvalue weighted by Crippen LogP contribution is -2.39. The summed E-state index contributed by atoms with van der Waals surface area (Å²) in [6, 6.07) is 16.6. The van der Waals surface area contributed by atoms with Crippen LogP contribution in [0, 0.1) is 6.92 Å². The van der Waals surface area contributed by atoms with E-state index in [2.05, 4.69) is 58.4 Å². The first-order chi connectivity index (χ1) is 13.7. The number of likely N-dealkylation sites (tertiary alicyclic amines) is 1. The number of carbonyl (C=O) groups excluding carboxylic acids is 1. The Hall–Kier alpha value is -2.37. The Kier molecular flexibility index (Phi) is 5.93. The number of nitrogens with zero attached hydrogens (tertiary/aromatic N) is 2. The zero-order chi connectivity index (χ0) is 19.3. The lowest BCUT2D eigenvalue weighted by molar-refractivity contribution is -0.120. The average molecular weight is 380 g/mol. The highest BCUT2D eigenvalue weighted by Gasteiger charge is 2.30. The summed E-state index contributed by atoms with van der Waals surface area (Å²) in [6.07, 6.45) is 1.98. The zero-order valence-electron chi connectivity index (χ0n) is 16.6. The van der Waals surface area contributed by atoms with E-state index >= 15 is 0 Å². The van der Waals surface area contributed by atoms with Crippen LogP contribution in [-0.2, 0) is 16.1 Å². The molecule has 5 heteroatoms. The lowest BCUT2D eigenvalue weighted by Gasteiger charge is -2.29. The molecule has 0 aliphatic carbocycles. The van der Waals surface area contributed by atoms with Gasteiger partial charge in [0.1, 0.15) is 0 Å². The van der Waals surface area contributed by atoms with E-state index in [0.29, 0.717) is 0 Å². The number of morpholine rings is 1. The van der Waals surface area contributed by atoms with E-state index in [-0.39, 0.29) is 11.9 Å². The maximum absolute atomic E-state index is 13.0. The molecule has 1 N–H and O–H groups in total. The molecule has 2 saturated heterocycles. The Bertz CT molecular complexity index is 817. The predicted octanol–water partition coefficient (Wildman–Crippen LogP) is 3.43. The van der Waals surface area contributed by atoms with Gasteiger partial charge in [-0.05, 0) is 50.1 Å². The quantitative estimate of drug-likeness (QED) is 0.864. The third kappa shape index (κ3) is 4.54. The normalized spacial score (nSPS) is 20.3. The first-order valence-corrected chi connectivity index (χ1v) is 10.2. The Labute approximate surface area is 167 Å². The molecule has 5 nitrogen and oxygen atoms in total. The van der Waals surface area contributed by atoms with Gasteiger partial charge in [0.05, 0.1) is 19.3 Å². The maximum Gasteiger partial charge on any atom is 0.241 e. The largest absolute Gasteiger partial charge is 0.378 e. The van der Waals surface area contributed by atoms with Crippen LogP contribution in [-0.4, -0.2) is 49.7 Å². The van der Waals surface area contributed by atoms with E-state index < -0.39 is 0 Å². The number of ether oxygens (including phenoxy) is 1. The molecule has 0 bridgehead atoms. The predicted molar refractivity (Wildman–Crippen MR) is 113 cm³/mol. The molecule has 0 spiro atoms. The summed E-state index contributed by atoms with van der Waals surface area (Å²) >= 11 is 0. The highest BCUT2D eigenvalue weighted by atomic mass is 16.5. The van der Waals surface area contributed by atoms with Gasteiger partial charge in [-0.1, -0.05) is 35.9 Å². The van der Waals surface area contributed by atoms with Crippen LogP contribution in [0.3, 0.4) is 0 Å². The fourth-order valence-electron chi connectivity index (χ4n) is 4.18. The summed E-state index contributed by atoms with van der Waals surface area (Å²) in [5, 5.41) is 3.15. The Morgan fingerprint density at radius 3 is 2.75 bits per heavy atom. The molecule has 1 atom stereocenters. The number of aryl methyl sites for hydroxylation is 1. The summed E-state index contributed by atoms with van der Waals surface area (Å²) in [7, 11) is 0. The molecule has 2 aliphatic rings. The van der Waals surface area contributed by atoms with Gasteiger partial charge >= 0.3 is 0 Å². The second-order valence-corrected chi connectivity index (χ2v) is 7.76. The van der Waals surface area contributed by atoms with Crippen molar-refractivity contribution in [3.63, 3.8) is 0 Å². The second-order valence-electron chi connectivity index (χ2n) is 7.76. The molecule has 2 aromatic carbocycles. The Morgan fingerprint density at radius 2 is 1.93 bits per heavy atom. The van der Waals surface area contributed by atoms with E-state index in [9.17, 15) is 4.79 Å². The average Bonchev–Trinajstić information content (AvgIpc) is 3.17. The summed E-state index contributed by atoms with van der Waals surface area (Å²) in [5.74, 6) is 0.101. The van der Waals surface area contributed by atoms with Gasteiger partial charge in [0.25, 0.3) is 0 Å². The van der Waals surface area contributed by atoms with Crippen LogP contribution < -0.4 is 10.2 Å². The van der Waals surface area contributed by atoms with Crippen molar-refractivity contribution in [2.45, 2.75) is 32.4 Å². The number of amides is 1. The minimum Gasteiger partial charge on any atom is -0.378 e. The number of hydrogen-bond donors (Lipinski definition) is 1. The zero-order valence-corrected chi connectivity index (χ0v) is 16.6. The highest BCUT2D eigenvalue weighted by Crippen LogP contribution is 2.24. The van der Waals surface area contributed by atoms with Crippen molar-refractivity contribution in [3.8, 4) is 0 Å². The SMILES string of the molecule is Cc1cccc(CN2CCCC2C(=O)Nc2cccc(N3CCOCC3)c2)c1. The number of carbonyl (C=O) groups is 1. The fourth-order valence-corrected chi connectivity index (χ4v) is 4.18. The van der Waals surface area contributed by atoms with Crippen LogP contribution in [0.2, 0.25) is 0 Å². The van der Waals surface area contributed by atoms with Crippen molar-refractivity contribution in [1.82, 2.24) is 4.90 Å². The molecule has 148 valence electrons. The van der Waals surface area contributed by atoms with Gasteiger partial charge in [-0.2, -0.15) is 0 Å². The first-order valence-electron chi connectivity index (χ1n) is 10.2. The molecule has 0 radical (unpaired) electrons. The van der Waals surface area contributed by atoms with Crippen molar-refractivity contribution in [3.05, 3.63) is 59.7 Å². The summed E-state index contributed by atoms with van der Waals surface area (Å²) in [5.41, 5.74) is 4.55. The summed E-state index contributed by atoms with van der Waals surface area (Å²) in [4.78, 5) is 17.6. The standard InChI is InChI=1S/C23H29N3O2/c1-18-5-2-6-19(15-18)17-26-10-4-9-22(26)23(27)24-20-7-3-8-21(16-20)25-11-13-28-14-12-25/h2-3,5-8,15-16,22H,4,9-14,17H2,1H3,(H,24,27). The van der Waals surface area contributed by atoms with Crippen molar-refractivity contribution < 1.29 is 9.53 Å². The van der Waals surface area contributed by atoms with Crippen LogP contribution in [0.15, 0.2) is 48.5 Å². The third-order valence-electron chi connectivity index (χ3n) is 5.62. The van der Waals surface area contributed by atoms with E-state index in [4.69, 9.17) is 4.74 Å². The smallest absolute Gasteiger partial charge is 0.241 e. The number of benzene rings is 2. The molecular formula is C23H29N3O2. The topological polar surface area (TPSA) is 44.8 Å².